The number of unbranched alkanes of at least 4 members (excludes halogenated alkanes) is 14. The number of hydrogen-bond acceptors (Lipinski definition) is 8. The van der Waals surface area contributed by atoms with Gasteiger partial charge in [-0.15, -0.1) is 0 Å². The number of aliphatic hydroxyl groups excluding tert-OH is 5. The van der Waals surface area contributed by atoms with Crippen LogP contribution in [0.25, 0.3) is 0 Å². The van der Waals surface area contributed by atoms with E-state index in [0.717, 1.165) is 32.1 Å². The molecule has 0 aromatic heterocycles. The van der Waals surface area contributed by atoms with Crippen molar-refractivity contribution in [3.05, 3.63) is 0 Å². The van der Waals surface area contributed by atoms with Crippen molar-refractivity contribution in [2.24, 2.45) is 0 Å². The number of carbonyl (C=O) groups excluding carboxylic acids is 1. The molecular weight excluding hydrogens is 440 g/mol. The third-order valence-electron chi connectivity index (χ3n) is 6.65. The smallest absolute Gasteiger partial charge is 0.306 e. The first-order valence-corrected chi connectivity index (χ1v) is 13.6. The topological polar surface area (TPSA) is 137 Å². The van der Waals surface area contributed by atoms with E-state index < -0.39 is 43.1 Å². The van der Waals surface area contributed by atoms with E-state index in [1.54, 1.807) is 0 Å². The molecule has 0 aromatic rings. The molecule has 0 aromatic carbocycles. The van der Waals surface area contributed by atoms with Crippen LogP contribution >= 0.6 is 0 Å². The van der Waals surface area contributed by atoms with Gasteiger partial charge >= 0.3 is 5.97 Å². The molecule has 5 N–H and O–H groups in total. The van der Waals surface area contributed by atoms with Gasteiger partial charge in [0.1, 0.15) is 18.3 Å². The maximum Gasteiger partial charge on any atom is 0.306 e. The molecule has 1 heterocycles. The molecular formula is C26H50O8. The van der Waals surface area contributed by atoms with Crippen molar-refractivity contribution in [2.75, 3.05) is 19.8 Å². The van der Waals surface area contributed by atoms with Crippen LogP contribution in [0.2, 0.25) is 0 Å². The maximum absolute atomic E-state index is 12.0. The van der Waals surface area contributed by atoms with E-state index in [1.165, 1.54) is 64.2 Å². The summed E-state index contributed by atoms with van der Waals surface area (Å²) in [6, 6.07) is 0. The normalized spacial score (nSPS) is 22.1. The number of rotatable bonds is 22. The van der Waals surface area contributed by atoms with Gasteiger partial charge in [-0.3, -0.25) is 4.79 Å². The molecule has 8 nitrogen and oxygen atoms in total. The standard InChI is InChI=1S/C26H50O8/c27-18-21(29)16-14-12-10-8-6-4-2-1-3-5-7-9-11-13-15-17-24(31)34-23(19-28)26-25(32)22(30)20-33-26/h21-23,25-30,32H,1-20H2/t21?,22-,23+,25+,26+/m0/s1. The van der Waals surface area contributed by atoms with Gasteiger partial charge in [0.25, 0.3) is 0 Å². The Bertz CT molecular complexity index is 489. The zero-order valence-corrected chi connectivity index (χ0v) is 21.0. The van der Waals surface area contributed by atoms with Crippen molar-refractivity contribution in [3.8, 4) is 0 Å². The van der Waals surface area contributed by atoms with Crippen molar-refractivity contribution in [1.29, 1.82) is 0 Å². The van der Waals surface area contributed by atoms with Crippen molar-refractivity contribution in [2.45, 2.75) is 140 Å². The lowest BCUT2D eigenvalue weighted by molar-refractivity contribution is -0.162. The second-order valence-corrected chi connectivity index (χ2v) is 9.75. The van der Waals surface area contributed by atoms with Crippen LogP contribution in [0.5, 0.6) is 0 Å². The van der Waals surface area contributed by atoms with Gasteiger partial charge in [-0.1, -0.05) is 89.9 Å². The molecule has 1 aliphatic heterocycles. The molecule has 1 aliphatic rings. The Morgan fingerprint density at radius 1 is 0.765 bits per heavy atom. The van der Waals surface area contributed by atoms with Gasteiger partial charge in [0.2, 0.25) is 0 Å². The van der Waals surface area contributed by atoms with Crippen LogP contribution in [0.4, 0.5) is 0 Å². The zero-order chi connectivity index (χ0) is 25.0. The molecule has 0 saturated carbocycles. The van der Waals surface area contributed by atoms with Crippen LogP contribution in [0, 0.1) is 0 Å². The molecule has 0 bridgehead atoms. The molecule has 0 aliphatic carbocycles. The molecule has 1 saturated heterocycles. The van der Waals surface area contributed by atoms with Gasteiger partial charge < -0.3 is 35.0 Å². The predicted molar refractivity (Wildman–Crippen MR) is 130 cm³/mol. The van der Waals surface area contributed by atoms with Gasteiger partial charge in [0, 0.05) is 6.42 Å². The first kappa shape index (κ1) is 31.3. The summed E-state index contributed by atoms with van der Waals surface area (Å²) in [5.41, 5.74) is 0. The van der Waals surface area contributed by atoms with Crippen molar-refractivity contribution < 1.29 is 39.8 Å². The number of carbonyl (C=O) groups is 1. The molecule has 1 unspecified atom stereocenters. The fourth-order valence-corrected chi connectivity index (χ4v) is 4.43. The molecule has 202 valence electrons. The summed E-state index contributed by atoms with van der Waals surface area (Å²) in [5, 5.41) is 46.8. The minimum absolute atomic E-state index is 0.0276. The molecule has 34 heavy (non-hydrogen) atoms. The number of hydrogen-bond donors (Lipinski definition) is 5. The summed E-state index contributed by atoms with van der Waals surface area (Å²) in [7, 11) is 0. The highest BCUT2D eigenvalue weighted by molar-refractivity contribution is 5.69. The molecule has 0 amide bonds. The average molecular weight is 491 g/mol. The summed E-state index contributed by atoms with van der Waals surface area (Å²) < 4.78 is 10.5. The van der Waals surface area contributed by atoms with Gasteiger partial charge in [-0.2, -0.15) is 0 Å². The summed E-state index contributed by atoms with van der Waals surface area (Å²) in [5.74, 6) is -0.406. The van der Waals surface area contributed by atoms with E-state index in [2.05, 4.69) is 0 Å². The van der Waals surface area contributed by atoms with Crippen LogP contribution < -0.4 is 0 Å². The Hall–Kier alpha value is -0.770. The average Bonchev–Trinajstić information content (AvgIpc) is 3.17. The fourth-order valence-electron chi connectivity index (χ4n) is 4.43. The fraction of sp³-hybridized carbons (Fsp3) is 0.962. The van der Waals surface area contributed by atoms with Gasteiger partial charge in [0.05, 0.1) is 25.9 Å². The minimum Gasteiger partial charge on any atom is -0.457 e. The predicted octanol–water partition coefficient (Wildman–Crippen LogP) is 3.00. The third-order valence-corrected chi connectivity index (χ3v) is 6.65. The van der Waals surface area contributed by atoms with Crippen LogP contribution in [0.1, 0.15) is 109 Å². The third kappa shape index (κ3) is 14.6. The zero-order valence-electron chi connectivity index (χ0n) is 21.0. The molecule has 5 atom stereocenters. The van der Waals surface area contributed by atoms with Gasteiger partial charge in [0.15, 0.2) is 6.10 Å². The SMILES string of the molecule is O=C(CCCCCCCCCCCCCCCCCC(O)CO)O[C@H](CO)[C@H]1OC[C@H](O)[C@H]1O. The molecule has 8 heteroatoms. The Kier molecular flexibility index (Phi) is 18.8. The summed E-state index contributed by atoms with van der Waals surface area (Å²) >= 11 is 0. The lowest BCUT2D eigenvalue weighted by Gasteiger charge is -2.24. The molecule has 1 rings (SSSR count). The van der Waals surface area contributed by atoms with E-state index in [9.17, 15) is 25.2 Å². The Balaban J connectivity index is 1.84. The lowest BCUT2D eigenvalue weighted by atomic mass is 10.0. The van der Waals surface area contributed by atoms with Gasteiger partial charge in [-0.25, -0.2) is 0 Å². The van der Waals surface area contributed by atoms with Crippen LogP contribution in [0.15, 0.2) is 0 Å². The highest BCUT2D eigenvalue weighted by atomic mass is 16.6. The van der Waals surface area contributed by atoms with E-state index >= 15 is 0 Å². The van der Waals surface area contributed by atoms with Crippen molar-refractivity contribution in [3.63, 3.8) is 0 Å². The minimum atomic E-state index is -1.15. The molecule has 1 fully saturated rings. The summed E-state index contributed by atoms with van der Waals surface area (Å²) in [4.78, 5) is 12.0. The van der Waals surface area contributed by atoms with E-state index in [4.69, 9.17) is 14.6 Å². The van der Waals surface area contributed by atoms with Gasteiger partial charge in [-0.05, 0) is 12.8 Å². The Morgan fingerprint density at radius 3 is 1.65 bits per heavy atom. The molecule has 0 spiro atoms. The molecule has 0 radical (unpaired) electrons. The van der Waals surface area contributed by atoms with E-state index in [-0.39, 0.29) is 19.6 Å². The largest absolute Gasteiger partial charge is 0.457 e. The Labute approximate surface area is 205 Å². The number of esters is 1. The highest BCUT2D eigenvalue weighted by Crippen LogP contribution is 2.20. The first-order valence-electron chi connectivity index (χ1n) is 13.6. The first-order chi connectivity index (χ1) is 16.5. The van der Waals surface area contributed by atoms with Crippen molar-refractivity contribution in [1.82, 2.24) is 0 Å². The van der Waals surface area contributed by atoms with Crippen LogP contribution in [-0.2, 0) is 14.3 Å². The van der Waals surface area contributed by atoms with Crippen molar-refractivity contribution >= 4 is 5.97 Å². The second kappa shape index (κ2) is 20.4. The lowest BCUT2D eigenvalue weighted by Crippen LogP contribution is -2.43. The Morgan fingerprint density at radius 2 is 1.24 bits per heavy atom. The summed E-state index contributed by atoms with van der Waals surface area (Å²) in [6.45, 7) is -0.599. The maximum atomic E-state index is 12.0. The number of aliphatic hydroxyl groups is 5. The van der Waals surface area contributed by atoms with E-state index in [0.29, 0.717) is 6.42 Å². The highest BCUT2D eigenvalue weighted by Gasteiger charge is 2.41. The quantitative estimate of drug-likeness (QED) is 0.115. The number of ether oxygens (including phenoxy) is 2. The monoisotopic (exact) mass is 490 g/mol. The van der Waals surface area contributed by atoms with Crippen LogP contribution in [0.3, 0.4) is 0 Å². The van der Waals surface area contributed by atoms with Crippen LogP contribution in [-0.4, -0.2) is 81.8 Å². The van der Waals surface area contributed by atoms with E-state index in [1.807, 2.05) is 0 Å². The summed E-state index contributed by atoms with van der Waals surface area (Å²) in [6.07, 6.45) is 14.1. The second-order valence-electron chi connectivity index (χ2n) is 9.75.